The van der Waals surface area contributed by atoms with Crippen LogP contribution in [0, 0.1) is 0 Å². The fourth-order valence-electron chi connectivity index (χ4n) is 1.01. The molecular weight excluding hydrogens is 268 g/mol. The average molecular weight is 284 g/mol. The van der Waals surface area contributed by atoms with Gasteiger partial charge in [-0.15, -0.1) is 23.4 Å². The van der Waals surface area contributed by atoms with Crippen molar-refractivity contribution in [1.82, 2.24) is 15.5 Å². The molecule has 0 aromatic carbocycles. The maximum Gasteiger partial charge on any atom is 0.233 e. The Balaban J connectivity index is 2.45. The third-order valence-corrected chi connectivity index (χ3v) is 3.94. The van der Waals surface area contributed by atoms with Gasteiger partial charge in [0.1, 0.15) is 0 Å². The van der Waals surface area contributed by atoms with Gasteiger partial charge in [0.05, 0.1) is 5.25 Å². The molecule has 98 valence electrons. The summed E-state index contributed by atoms with van der Waals surface area (Å²) in [5.74, 6) is -0.0318. The summed E-state index contributed by atoms with van der Waals surface area (Å²) in [6, 6.07) is 0. The molecule has 7 heteroatoms. The van der Waals surface area contributed by atoms with Gasteiger partial charge in [0.25, 0.3) is 0 Å². The lowest BCUT2D eigenvalue weighted by Crippen LogP contribution is -2.30. The second-order valence-electron chi connectivity index (χ2n) is 3.34. The molecule has 0 aliphatic heterocycles. The lowest BCUT2D eigenvalue weighted by atomic mass is 10.4. The van der Waals surface area contributed by atoms with Crippen LogP contribution >= 0.6 is 23.1 Å². The maximum atomic E-state index is 11.6. The van der Waals surface area contributed by atoms with E-state index >= 15 is 0 Å². The number of carbonyl (C=O) groups excluding carboxylic acids is 1. The zero-order chi connectivity index (χ0) is 13.4. The first kappa shape index (κ1) is 14.7. The summed E-state index contributed by atoms with van der Waals surface area (Å²) < 4.78 is 0.766. The van der Waals surface area contributed by atoms with E-state index in [-0.39, 0.29) is 11.2 Å². The van der Waals surface area contributed by atoms with E-state index in [4.69, 9.17) is 0 Å². The highest BCUT2D eigenvalue weighted by atomic mass is 32.2. The molecule has 0 radical (unpaired) electrons. The molecule has 0 bridgehead atoms. The normalized spacial score (nSPS) is 11.6. The Bertz CT molecular complexity index is 419. The zero-order valence-electron chi connectivity index (χ0n) is 10.2. The number of rotatable bonds is 8. The highest BCUT2D eigenvalue weighted by molar-refractivity contribution is 8.02. The van der Waals surface area contributed by atoms with Crippen molar-refractivity contribution in [3.8, 4) is 0 Å². The van der Waals surface area contributed by atoms with E-state index < -0.39 is 0 Å². The Morgan fingerprint density at radius 1 is 1.44 bits per heavy atom. The van der Waals surface area contributed by atoms with E-state index in [0.29, 0.717) is 13.1 Å². The quantitative estimate of drug-likeness (QED) is 0.564. The number of thioether (sulfide) groups is 1. The van der Waals surface area contributed by atoms with Crippen LogP contribution in [0.3, 0.4) is 0 Å². The van der Waals surface area contributed by atoms with Crippen LogP contribution in [0.5, 0.6) is 0 Å². The standard InChI is InChI=1S/C11H16N4OS2/c1-4-6-12-9(16)8(3)17-11-15-14-10(18-11)13-7-5-2/h4-5,8H,1-2,6-7H2,3H3,(H,12,16)(H,13,14)/t8-/m0/s1. The molecule has 2 N–H and O–H groups in total. The van der Waals surface area contributed by atoms with Crippen molar-refractivity contribution < 1.29 is 4.79 Å². The van der Waals surface area contributed by atoms with Gasteiger partial charge in [-0.2, -0.15) is 0 Å². The van der Waals surface area contributed by atoms with E-state index in [2.05, 4.69) is 34.0 Å². The summed E-state index contributed by atoms with van der Waals surface area (Å²) in [5, 5.41) is 14.3. The van der Waals surface area contributed by atoms with Gasteiger partial charge in [-0.05, 0) is 6.92 Å². The molecule has 5 nitrogen and oxygen atoms in total. The molecular formula is C11H16N4OS2. The predicted octanol–water partition coefficient (Wildman–Crippen LogP) is 1.92. The van der Waals surface area contributed by atoms with Crippen molar-refractivity contribution in [3.05, 3.63) is 25.3 Å². The smallest absolute Gasteiger partial charge is 0.233 e. The van der Waals surface area contributed by atoms with E-state index in [1.54, 1.807) is 12.2 Å². The molecule has 0 unspecified atom stereocenters. The number of anilines is 1. The van der Waals surface area contributed by atoms with Gasteiger partial charge >= 0.3 is 0 Å². The number of aromatic nitrogens is 2. The van der Waals surface area contributed by atoms with Crippen molar-refractivity contribution in [3.63, 3.8) is 0 Å². The first-order valence-corrected chi connectivity index (χ1v) is 7.10. The van der Waals surface area contributed by atoms with E-state index in [9.17, 15) is 4.79 Å². The van der Waals surface area contributed by atoms with Crippen LogP contribution in [-0.4, -0.2) is 34.4 Å². The van der Waals surface area contributed by atoms with E-state index in [1.165, 1.54) is 23.1 Å². The minimum atomic E-state index is -0.204. The maximum absolute atomic E-state index is 11.6. The summed E-state index contributed by atoms with van der Waals surface area (Å²) >= 11 is 2.81. The van der Waals surface area contributed by atoms with Crippen LogP contribution in [0.25, 0.3) is 0 Å². The topological polar surface area (TPSA) is 66.9 Å². The van der Waals surface area contributed by atoms with Gasteiger partial charge in [-0.3, -0.25) is 4.79 Å². The summed E-state index contributed by atoms with van der Waals surface area (Å²) in [6.45, 7) is 10.1. The molecule has 0 aliphatic rings. The summed E-state index contributed by atoms with van der Waals surface area (Å²) in [5.41, 5.74) is 0. The molecule has 0 saturated heterocycles. The van der Waals surface area contributed by atoms with Gasteiger partial charge in [-0.1, -0.05) is 35.3 Å². The zero-order valence-corrected chi connectivity index (χ0v) is 11.8. The number of hydrogen-bond acceptors (Lipinski definition) is 6. The van der Waals surface area contributed by atoms with Crippen molar-refractivity contribution in [2.24, 2.45) is 0 Å². The monoisotopic (exact) mass is 284 g/mol. The van der Waals surface area contributed by atoms with Gasteiger partial charge in [-0.25, -0.2) is 0 Å². The third kappa shape index (κ3) is 4.89. The summed E-state index contributed by atoms with van der Waals surface area (Å²) in [4.78, 5) is 11.6. The molecule has 1 atom stereocenters. The fourth-order valence-corrected chi connectivity index (χ4v) is 2.94. The lowest BCUT2D eigenvalue weighted by Gasteiger charge is -2.07. The number of nitrogens with zero attached hydrogens (tertiary/aromatic N) is 2. The molecule has 0 aliphatic carbocycles. The molecule has 0 spiro atoms. The van der Waals surface area contributed by atoms with Crippen LogP contribution in [-0.2, 0) is 4.79 Å². The first-order chi connectivity index (χ1) is 8.67. The van der Waals surface area contributed by atoms with Crippen molar-refractivity contribution >= 4 is 34.1 Å². The fraction of sp³-hybridized carbons (Fsp3) is 0.364. The molecule has 1 rings (SSSR count). The Hall–Kier alpha value is -1.34. The highest BCUT2D eigenvalue weighted by Crippen LogP contribution is 2.28. The number of nitrogens with one attached hydrogen (secondary N) is 2. The van der Waals surface area contributed by atoms with Gasteiger partial charge in [0.2, 0.25) is 11.0 Å². The summed E-state index contributed by atoms with van der Waals surface area (Å²) in [7, 11) is 0. The Morgan fingerprint density at radius 2 is 2.17 bits per heavy atom. The average Bonchev–Trinajstić information content (AvgIpc) is 2.80. The molecule has 1 heterocycles. The van der Waals surface area contributed by atoms with Crippen LogP contribution in [0.1, 0.15) is 6.92 Å². The molecule has 0 fully saturated rings. The Kier molecular flexibility index (Phi) is 6.45. The minimum Gasteiger partial charge on any atom is -0.357 e. The van der Waals surface area contributed by atoms with Crippen LogP contribution in [0.4, 0.5) is 5.13 Å². The van der Waals surface area contributed by atoms with E-state index in [0.717, 1.165) is 9.47 Å². The minimum absolute atomic E-state index is 0.0318. The van der Waals surface area contributed by atoms with Crippen LogP contribution < -0.4 is 10.6 Å². The second kappa shape index (κ2) is 7.88. The number of carbonyl (C=O) groups is 1. The van der Waals surface area contributed by atoms with Gasteiger partial charge in [0, 0.05) is 13.1 Å². The molecule has 1 amide bonds. The van der Waals surface area contributed by atoms with Crippen molar-refractivity contribution in [2.45, 2.75) is 16.5 Å². The number of amides is 1. The molecule has 1 aromatic rings. The molecule has 18 heavy (non-hydrogen) atoms. The lowest BCUT2D eigenvalue weighted by molar-refractivity contribution is -0.120. The SMILES string of the molecule is C=CCNC(=O)[C@H](C)Sc1nnc(NCC=C)s1. The predicted molar refractivity (Wildman–Crippen MR) is 77.1 cm³/mol. The second-order valence-corrected chi connectivity index (χ2v) is 5.90. The van der Waals surface area contributed by atoms with Gasteiger partial charge < -0.3 is 10.6 Å². The van der Waals surface area contributed by atoms with E-state index in [1.807, 2.05) is 6.92 Å². The first-order valence-electron chi connectivity index (χ1n) is 5.41. The third-order valence-electron chi connectivity index (χ3n) is 1.87. The van der Waals surface area contributed by atoms with Crippen molar-refractivity contribution in [2.75, 3.05) is 18.4 Å². The van der Waals surface area contributed by atoms with Crippen molar-refractivity contribution in [1.29, 1.82) is 0 Å². The van der Waals surface area contributed by atoms with Crippen LogP contribution in [0.15, 0.2) is 29.6 Å². The molecule has 1 aromatic heterocycles. The summed E-state index contributed by atoms with van der Waals surface area (Å²) in [6.07, 6.45) is 3.40. The largest absolute Gasteiger partial charge is 0.357 e. The Labute approximate surface area is 115 Å². The number of hydrogen-bond donors (Lipinski definition) is 2. The molecule has 0 saturated carbocycles. The highest BCUT2D eigenvalue weighted by Gasteiger charge is 2.16. The van der Waals surface area contributed by atoms with Gasteiger partial charge in [0.15, 0.2) is 4.34 Å². The Morgan fingerprint density at radius 3 is 2.83 bits per heavy atom. The van der Waals surface area contributed by atoms with Crippen LogP contribution in [0.2, 0.25) is 0 Å².